The summed E-state index contributed by atoms with van der Waals surface area (Å²) in [6.45, 7) is 8.10. The number of carbonyl (C=O) groups excluding carboxylic acids is 2. The van der Waals surface area contributed by atoms with E-state index < -0.39 is 22.6 Å². The Morgan fingerprint density at radius 1 is 1.00 bits per heavy atom. The zero-order chi connectivity index (χ0) is 16.9. The number of benzene rings is 1. The van der Waals surface area contributed by atoms with Gasteiger partial charge in [-0.3, -0.25) is 10.1 Å². The number of nitrogens with zero attached hydrogens (tertiary/aromatic N) is 1. The largest absolute Gasteiger partial charge is 0.405 e. The van der Waals surface area contributed by atoms with Crippen LogP contribution in [0.4, 0.5) is 4.79 Å². The molecule has 0 atom stereocenters. The molecule has 1 aromatic carbocycles. The van der Waals surface area contributed by atoms with Crippen LogP contribution < -0.4 is 15.5 Å². The molecule has 0 radical (unpaired) electrons. The van der Waals surface area contributed by atoms with Gasteiger partial charge in [0.25, 0.3) is 5.91 Å². The number of nitrogens with one attached hydrogen (secondary N) is 2. The number of piperidine rings is 1. The molecule has 1 spiro atoms. The molecule has 0 aromatic heterocycles. The molecule has 2 aliphatic heterocycles. The van der Waals surface area contributed by atoms with Crippen LogP contribution in [0.5, 0.6) is 5.75 Å². The van der Waals surface area contributed by atoms with E-state index in [1.165, 1.54) is 0 Å². The molecule has 124 valence electrons. The van der Waals surface area contributed by atoms with E-state index in [9.17, 15) is 9.59 Å². The van der Waals surface area contributed by atoms with Crippen molar-refractivity contribution in [3.8, 4) is 5.75 Å². The Bertz CT molecular complexity index is 622. The van der Waals surface area contributed by atoms with Crippen molar-refractivity contribution in [2.24, 2.45) is 0 Å². The van der Waals surface area contributed by atoms with Crippen LogP contribution >= 0.6 is 0 Å². The van der Waals surface area contributed by atoms with Crippen LogP contribution in [0.15, 0.2) is 30.3 Å². The minimum absolute atomic E-state index is 0.247. The topological polar surface area (TPSA) is 70.7 Å². The SMILES string of the molecule is CC1(C)CC2(CC(C)(C)N1Oc1ccccc1)NC(=O)NC2=O. The summed E-state index contributed by atoms with van der Waals surface area (Å²) in [5.74, 6) is 0.507. The lowest BCUT2D eigenvalue weighted by molar-refractivity contribution is -0.229. The van der Waals surface area contributed by atoms with E-state index >= 15 is 0 Å². The van der Waals surface area contributed by atoms with Crippen LogP contribution in [0.1, 0.15) is 40.5 Å². The number of amides is 3. The van der Waals surface area contributed by atoms with Gasteiger partial charge in [0, 0.05) is 12.8 Å². The van der Waals surface area contributed by atoms with Gasteiger partial charge in [0.2, 0.25) is 0 Å². The molecule has 1 aromatic rings. The Kier molecular flexibility index (Phi) is 3.41. The van der Waals surface area contributed by atoms with E-state index in [0.29, 0.717) is 12.8 Å². The van der Waals surface area contributed by atoms with Crippen molar-refractivity contribution >= 4 is 11.9 Å². The van der Waals surface area contributed by atoms with Crippen LogP contribution in [0.25, 0.3) is 0 Å². The number of urea groups is 1. The summed E-state index contributed by atoms with van der Waals surface area (Å²) in [6, 6.07) is 9.17. The number of hydroxylamine groups is 2. The van der Waals surface area contributed by atoms with Crippen LogP contribution in [0.3, 0.4) is 0 Å². The third-order valence-corrected chi connectivity index (χ3v) is 4.52. The second-order valence-electron chi connectivity index (χ2n) is 7.67. The first-order valence-electron chi connectivity index (χ1n) is 7.82. The Hall–Kier alpha value is -2.08. The number of imide groups is 1. The van der Waals surface area contributed by atoms with Gasteiger partial charge in [0.1, 0.15) is 11.3 Å². The fourth-order valence-corrected chi connectivity index (χ4v) is 4.11. The molecular formula is C17H23N3O3. The van der Waals surface area contributed by atoms with E-state index in [0.717, 1.165) is 5.75 Å². The summed E-state index contributed by atoms with van der Waals surface area (Å²) in [5.41, 5.74) is -1.75. The molecule has 2 saturated heterocycles. The number of rotatable bonds is 2. The average Bonchev–Trinajstić information content (AvgIpc) is 2.68. The fourth-order valence-electron chi connectivity index (χ4n) is 4.11. The first-order valence-corrected chi connectivity index (χ1v) is 7.82. The van der Waals surface area contributed by atoms with Crippen molar-refractivity contribution in [2.45, 2.75) is 57.2 Å². The van der Waals surface area contributed by atoms with Crippen molar-refractivity contribution in [1.29, 1.82) is 0 Å². The first-order chi connectivity index (χ1) is 10.6. The maximum absolute atomic E-state index is 12.3. The zero-order valence-electron chi connectivity index (χ0n) is 14.0. The minimum atomic E-state index is -0.874. The molecule has 2 fully saturated rings. The molecule has 0 unspecified atom stereocenters. The molecule has 0 aliphatic carbocycles. The molecule has 3 amide bonds. The first kappa shape index (κ1) is 15.8. The van der Waals surface area contributed by atoms with E-state index in [-0.39, 0.29) is 5.91 Å². The third kappa shape index (κ3) is 2.67. The number of hydrogen-bond donors (Lipinski definition) is 2. The lowest BCUT2D eigenvalue weighted by Crippen LogP contribution is -2.70. The van der Waals surface area contributed by atoms with Gasteiger partial charge in [-0.05, 0) is 39.8 Å². The van der Waals surface area contributed by atoms with Gasteiger partial charge in [0.15, 0.2) is 0 Å². The predicted molar refractivity (Wildman–Crippen MR) is 85.7 cm³/mol. The molecule has 3 rings (SSSR count). The number of para-hydroxylation sites is 1. The van der Waals surface area contributed by atoms with Crippen molar-refractivity contribution in [3.63, 3.8) is 0 Å². The molecular weight excluding hydrogens is 294 g/mol. The summed E-state index contributed by atoms with van der Waals surface area (Å²) in [6.07, 6.45) is 0.960. The average molecular weight is 317 g/mol. The van der Waals surface area contributed by atoms with Gasteiger partial charge in [0.05, 0.1) is 11.1 Å². The Morgan fingerprint density at radius 2 is 1.57 bits per heavy atom. The van der Waals surface area contributed by atoms with Gasteiger partial charge >= 0.3 is 6.03 Å². The van der Waals surface area contributed by atoms with Crippen molar-refractivity contribution in [2.75, 3.05) is 0 Å². The third-order valence-electron chi connectivity index (χ3n) is 4.52. The van der Waals surface area contributed by atoms with E-state index in [2.05, 4.69) is 10.6 Å². The summed E-state index contributed by atoms with van der Waals surface area (Å²) >= 11 is 0. The lowest BCUT2D eigenvalue weighted by Gasteiger charge is -2.55. The predicted octanol–water partition coefficient (Wildman–Crippen LogP) is 2.21. The van der Waals surface area contributed by atoms with Crippen LogP contribution in [0, 0.1) is 0 Å². The molecule has 2 aliphatic rings. The normalized spacial score (nSPS) is 25.0. The highest BCUT2D eigenvalue weighted by molar-refractivity contribution is 6.07. The highest BCUT2D eigenvalue weighted by atomic mass is 16.7. The Morgan fingerprint density at radius 3 is 2.04 bits per heavy atom. The maximum Gasteiger partial charge on any atom is 0.322 e. The Balaban J connectivity index is 1.92. The minimum Gasteiger partial charge on any atom is -0.405 e. The summed E-state index contributed by atoms with van der Waals surface area (Å²) in [4.78, 5) is 30.1. The standard InChI is InChI=1S/C17H23N3O3/c1-15(2)10-17(13(21)18-14(22)19-17)11-16(3,4)20(15)23-12-8-6-5-7-9-12/h5-9H,10-11H2,1-4H3,(H2,18,19,21,22). The van der Waals surface area contributed by atoms with Gasteiger partial charge < -0.3 is 10.2 Å². The van der Waals surface area contributed by atoms with Gasteiger partial charge in [-0.15, -0.1) is 5.06 Å². The zero-order valence-corrected chi connectivity index (χ0v) is 14.0. The highest BCUT2D eigenvalue weighted by Gasteiger charge is 2.60. The molecule has 0 bridgehead atoms. The summed E-state index contributed by atoms with van der Waals surface area (Å²) in [5, 5.41) is 7.14. The van der Waals surface area contributed by atoms with E-state index in [1.54, 1.807) is 0 Å². The molecule has 6 nitrogen and oxygen atoms in total. The van der Waals surface area contributed by atoms with E-state index in [1.807, 2.05) is 63.1 Å². The van der Waals surface area contributed by atoms with Crippen molar-refractivity contribution in [1.82, 2.24) is 15.7 Å². The molecule has 0 saturated carbocycles. The molecule has 6 heteroatoms. The molecule has 2 heterocycles. The maximum atomic E-state index is 12.3. The molecule has 2 N–H and O–H groups in total. The van der Waals surface area contributed by atoms with Gasteiger partial charge in [-0.1, -0.05) is 18.2 Å². The smallest absolute Gasteiger partial charge is 0.322 e. The highest BCUT2D eigenvalue weighted by Crippen LogP contribution is 2.44. The summed E-state index contributed by atoms with van der Waals surface area (Å²) < 4.78 is 0. The lowest BCUT2D eigenvalue weighted by atomic mass is 9.70. The van der Waals surface area contributed by atoms with Crippen LogP contribution in [-0.2, 0) is 4.79 Å². The number of carbonyl (C=O) groups is 2. The second-order valence-corrected chi connectivity index (χ2v) is 7.67. The van der Waals surface area contributed by atoms with Crippen LogP contribution in [0.2, 0.25) is 0 Å². The summed E-state index contributed by atoms with van der Waals surface area (Å²) in [7, 11) is 0. The van der Waals surface area contributed by atoms with Gasteiger partial charge in [-0.25, -0.2) is 4.79 Å². The van der Waals surface area contributed by atoms with Crippen molar-refractivity contribution < 1.29 is 14.4 Å². The number of hydrogen-bond acceptors (Lipinski definition) is 4. The van der Waals surface area contributed by atoms with Crippen LogP contribution in [-0.4, -0.2) is 33.6 Å². The van der Waals surface area contributed by atoms with Crippen molar-refractivity contribution in [3.05, 3.63) is 30.3 Å². The fraction of sp³-hybridized carbons (Fsp3) is 0.529. The quantitative estimate of drug-likeness (QED) is 0.821. The molecule has 23 heavy (non-hydrogen) atoms. The monoisotopic (exact) mass is 317 g/mol. The second kappa shape index (κ2) is 4.96. The Labute approximate surface area is 136 Å². The van der Waals surface area contributed by atoms with Gasteiger partial charge in [-0.2, -0.15) is 0 Å². The van der Waals surface area contributed by atoms with E-state index in [4.69, 9.17) is 4.84 Å².